The number of hydrogen-bond donors (Lipinski definition) is 1. The van der Waals surface area contributed by atoms with Crippen LogP contribution in [-0.2, 0) is 13.5 Å². The number of aromatic nitrogens is 3. The van der Waals surface area contributed by atoms with Crippen LogP contribution in [0.15, 0.2) is 54.9 Å². The van der Waals surface area contributed by atoms with Crippen LogP contribution in [0, 0.1) is 0 Å². The fraction of sp³-hybridized carbons (Fsp3) is 0.118. The number of pyridine rings is 1. The lowest BCUT2D eigenvalue weighted by Crippen LogP contribution is -2.14. The van der Waals surface area contributed by atoms with Gasteiger partial charge in [0.25, 0.3) is 5.91 Å². The second-order valence-electron chi connectivity index (χ2n) is 5.19. The average Bonchev–Trinajstić information content (AvgIpc) is 2.96. The van der Waals surface area contributed by atoms with Crippen LogP contribution in [0.5, 0.6) is 0 Å². The molecule has 2 aromatic heterocycles. The van der Waals surface area contributed by atoms with Gasteiger partial charge in [-0.25, -0.2) is 4.98 Å². The molecule has 3 rings (SSSR count). The number of rotatable bonds is 4. The quantitative estimate of drug-likeness (QED) is 0.800. The van der Waals surface area contributed by atoms with Crippen molar-refractivity contribution in [1.82, 2.24) is 14.8 Å². The molecule has 5 nitrogen and oxygen atoms in total. The Bertz CT molecular complexity index is 827. The summed E-state index contributed by atoms with van der Waals surface area (Å²) in [6, 6.07) is 13.1. The second-order valence-corrected chi connectivity index (χ2v) is 5.62. The monoisotopic (exact) mass is 326 g/mol. The van der Waals surface area contributed by atoms with Gasteiger partial charge in [0.05, 0.1) is 0 Å². The van der Waals surface area contributed by atoms with Crippen molar-refractivity contribution in [3.63, 3.8) is 0 Å². The van der Waals surface area contributed by atoms with E-state index in [1.54, 1.807) is 36.3 Å². The number of carbonyl (C=O) groups is 1. The van der Waals surface area contributed by atoms with Gasteiger partial charge in [-0.15, -0.1) is 0 Å². The smallest absolute Gasteiger partial charge is 0.277 e. The Hall–Kier alpha value is -2.66. The normalized spacial score (nSPS) is 10.5. The molecular formula is C17H15ClN4O. The SMILES string of the molecule is Cn1ccc(C(=O)Nc2ccc(Cc3cccc(Cl)c3)cn2)n1. The van der Waals surface area contributed by atoms with Crippen LogP contribution < -0.4 is 5.32 Å². The second kappa shape index (κ2) is 6.62. The first kappa shape index (κ1) is 15.2. The van der Waals surface area contributed by atoms with E-state index >= 15 is 0 Å². The molecule has 0 spiro atoms. The van der Waals surface area contributed by atoms with Crippen molar-refractivity contribution in [2.75, 3.05) is 5.32 Å². The van der Waals surface area contributed by atoms with Crippen molar-refractivity contribution in [1.29, 1.82) is 0 Å². The molecule has 3 aromatic rings. The lowest BCUT2D eigenvalue weighted by molar-refractivity contribution is 0.102. The maximum Gasteiger partial charge on any atom is 0.277 e. The number of halogens is 1. The number of hydrogen-bond acceptors (Lipinski definition) is 3. The van der Waals surface area contributed by atoms with Gasteiger partial charge in [-0.3, -0.25) is 9.48 Å². The molecule has 0 radical (unpaired) electrons. The zero-order valence-electron chi connectivity index (χ0n) is 12.5. The van der Waals surface area contributed by atoms with E-state index in [-0.39, 0.29) is 5.91 Å². The van der Waals surface area contributed by atoms with Crippen molar-refractivity contribution in [2.45, 2.75) is 6.42 Å². The van der Waals surface area contributed by atoms with Gasteiger partial charge in [0.1, 0.15) is 5.82 Å². The van der Waals surface area contributed by atoms with Gasteiger partial charge in [0, 0.05) is 24.5 Å². The fourth-order valence-electron chi connectivity index (χ4n) is 2.20. The van der Waals surface area contributed by atoms with E-state index in [2.05, 4.69) is 15.4 Å². The van der Waals surface area contributed by atoms with E-state index in [9.17, 15) is 4.79 Å². The van der Waals surface area contributed by atoms with E-state index in [0.717, 1.165) is 22.6 Å². The van der Waals surface area contributed by atoms with Gasteiger partial charge < -0.3 is 5.32 Å². The summed E-state index contributed by atoms with van der Waals surface area (Å²) in [5, 5.41) is 7.49. The molecule has 1 aromatic carbocycles. The lowest BCUT2D eigenvalue weighted by Gasteiger charge is -2.05. The number of carbonyl (C=O) groups excluding carboxylic acids is 1. The molecule has 0 aliphatic rings. The van der Waals surface area contributed by atoms with Crippen LogP contribution in [0.4, 0.5) is 5.82 Å². The average molecular weight is 327 g/mol. The van der Waals surface area contributed by atoms with Crippen molar-refractivity contribution in [3.8, 4) is 0 Å². The van der Waals surface area contributed by atoms with Crippen LogP contribution in [0.3, 0.4) is 0 Å². The van der Waals surface area contributed by atoms with Gasteiger partial charge in [-0.05, 0) is 41.8 Å². The van der Waals surface area contributed by atoms with E-state index < -0.39 is 0 Å². The maximum absolute atomic E-state index is 12.0. The first-order valence-electron chi connectivity index (χ1n) is 7.10. The number of aryl methyl sites for hydroxylation is 1. The number of nitrogens with one attached hydrogen (secondary N) is 1. The Morgan fingerprint density at radius 1 is 1.22 bits per heavy atom. The van der Waals surface area contributed by atoms with Crippen molar-refractivity contribution >= 4 is 23.3 Å². The molecule has 0 unspecified atom stereocenters. The Balaban J connectivity index is 1.66. The first-order chi connectivity index (χ1) is 11.1. The molecule has 0 aliphatic carbocycles. The fourth-order valence-corrected chi connectivity index (χ4v) is 2.42. The van der Waals surface area contributed by atoms with E-state index in [1.165, 1.54) is 0 Å². The number of nitrogens with zero attached hydrogens (tertiary/aromatic N) is 3. The molecule has 0 saturated heterocycles. The summed E-state index contributed by atoms with van der Waals surface area (Å²) in [5.41, 5.74) is 2.52. The summed E-state index contributed by atoms with van der Waals surface area (Å²) in [6.07, 6.45) is 4.20. The highest BCUT2D eigenvalue weighted by atomic mass is 35.5. The summed E-state index contributed by atoms with van der Waals surface area (Å²) >= 11 is 5.98. The van der Waals surface area contributed by atoms with E-state index in [0.29, 0.717) is 11.5 Å². The summed E-state index contributed by atoms with van der Waals surface area (Å²) in [6.45, 7) is 0. The Kier molecular flexibility index (Phi) is 4.39. The third-order valence-corrected chi connectivity index (χ3v) is 3.54. The minimum absolute atomic E-state index is 0.277. The van der Waals surface area contributed by atoms with Gasteiger partial charge in [0.15, 0.2) is 5.69 Å². The molecule has 116 valence electrons. The van der Waals surface area contributed by atoms with Gasteiger partial charge >= 0.3 is 0 Å². The molecule has 23 heavy (non-hydrogen) atoms. The van der Waals surface area contributed by atoms with Crippen LogP contribution in [0.1, 0.15) is 21.6 Å². The molecule has 0 fully saturated rings. The molecule has 1 N–H and O–H groups in total. The standard InChI is InChI=1S/C17H15ClN4O/c1-22-8-7-15(21-22)17(23)20-16-6-5-13(11-19-16)9-12-3-2-4-14(18)10-12/h2-8,10-11H,9H2,1H3,(H,19,20,23). The molecule has 0 bridgehead atoms. The number of benzene rings is 1. The molecule has 1 amide bonds. The van der Waals surface area contributed by atoms with Gasteiger partial charge in [-0.1, -0.05) is 29.8 Å². The summed E-state index contributed by atoms with van der Waals surface area (Å²) in [5.74, 6) is 0.219. The zero-order chi connectivity index (χ0) is 16.2. The third kappa shape index (κ3) is 3.96. The highest BCUT2D eigenvalue weighted by Gasteiger charge is 2.09. The zero-order valence-corrected chi connectivity index (χ0v) is 13.3. The van der Waals surface area contributed by atoms with Crippen molar-refractivity contribution in [2.24, 2.45) is 7.05 Å². The Morgan fingerprint density at radius 2 is 2.09 bits per heavy atom. The molecule has 2 heterocycles. The Labute approximate surface area is 138 Å². The molecular weight excluding hydrogens is 312 g/mol. The summed E-state index contributed by atoms with van der Waals surface area (Å²) < 4.78 is 1.58. The largest absolute Gasteiger partial charge is 0.305 e. The first-order valence-corrected chi connectivity index (χ1v) is 7.48. The van der Waals surface area contributed by atoms with Crippen LogP contribution in [0.25, 0.3) is 0 Å². The molecule has 0 saturated carbocycles. The minimum atomic E-state index is -0.277. The predicted molar refractivity (Wildman–Crippen MR) is 89.7 cm³/mol. The summed E-state index contributed by atoms with van der Waals surface area (Å²) in [4.78, 5) is 16.3. The van der Waals surface area contributed by atoms with Crippen LogP contribution >= 0.6 is 11.6 Å². The van der Waals surface area contributed by atoms with Crippen LogP contribution in [-0.4, -0.2) is 20.7 Å². The summed E-state index contributed by atoms with van der Waals surface area (Å²) in [7, 11) is 1.76. The Morgan fingerprint density at radius 3 is 2.74 bits per heavy atom. The predicted octanol–water partition coefficient (Wildman–Crippen LogP) is 3.31. The lowest BCUT2D eigenvalue weighted by atomic mass is 10.1. The third-order valence-electron chi connectivity index (χ3n) is 3.31. The molecule has 0 atom stereocenters. The number of amides is 1. The number of anilines is 1. The minimum Gasteiger partial charge on any atom is -0.305 e. The van der Waals surface area contributed by atoms with Crippen LogP contribution in [0.2, 0.25) is 5.02 Å². The maximum atomic E-state index is 12.0. The van der Waals surface area contributed by atoms with Crippen molar-refractivity contribution in [3.05, 3.63) is 76.7 Å². The van der Waals surface area contributed by atoms with Gasteiger partial charge in [-0.2, -0.15) is 5.10 Å². The molecule has 0 aliphatic heterocycles. The molecule has 6 heteroatoms. The van der Waals surface area contributed by atoms with E-state index in [1.807, 2.05) is 30.3 Å². The highest BCUT2D eigenvalue weighted by Crippen LogP contribution is 2.15. The van der Waals surface area contributed by atoms with Crippen molar-refractivity contribution < 1.29 is 4.79 Å². The van der Waals surface area contributed by atoms with E-state index in [4.69, 9.17) is 11.6 Å². The van der Waals surface area contributed by atoms with Gasteiger partial charge in [0.2, 0.25) is 0 Å². The highest BCUT2D eigenvalue weighted by molar-refractivity contribution is 6.30. The topological polar surface area (TPSA) is 59.8 Å².